The average Bonchev–Trinajstić information content (AvgIpc) is 2.86. The standard InChI is InChI=1S/C15H13N3O4/c1-9(10-2-5-12(6-3-10)18(20)21)16-11-4-7-14-13(8-11)17-15(19)22-14/h2-9,16H,1H3,(H,17,19)/t9-/m0/s1. The molecule has 1 atom stereocenters. The largest absolute Gasteiger partial charge is 0.417 e. The lowest BCUT2D eigenvalue weighted by atomic mass is 10.1. The van der Waals surface area contributed by atoms with Crippen LogP contribution in [0.4, 0.5) is 11.4 Å². The smallest absolute Gasteiger partial charge is 0.408 e. The predicted molar refractivity (Wildman–Crippen MR) is 82.0 cm³/mol. The first-order valence-corrected chi connectivity index (χ1v) is 6.67. The highest BCUT2D eigenvalue weighted by Crippen LogP contribution is 2.23. The Balaban J connectivity index is 1.80. The first kappa shape index (κ1) is 13.9. The second-order valence-corrected chi connectivity index (χ2v) is 4.94. The first-order valence-electron chi connectivity index (χ1n) is 6.67. The van der Waals surface area contributed by atoms with Crippen molar-refractivity contribution in [1.82, 2.24) is 4.98 Å². The van der Waals surface area contributed by atoms with E-state index >= 15 is 0 Å². The molecule has 3 aromatic rings. The average molecular weight is 299 g/mol. The Morgan fingerprint density at radius 1 is 1.23 bits per heavy atom. The molecule has 7 heteroatoms. The fourth-order valence-electron chi connectivity index (χ4n) is 2.26. The number of benzene rings is 2. The summed E-state index contributed by atoms with van der Waals surface area (Å²) in [6.45, 7) is 1.95. The Hall–Kier alpha value is -3.09. The molecule has 0 saturated heterocycles. The zero-order valence-corrected chi connectivity index (χ0v) is 11.7. The Morgan fingerprint density at radius 3 is 2.64 bits per heavy atom. The van der Waals surface area contributed by atoms with Crippen LogP contribution >= 0.6 is 0 Å². The van der Waals surface area contributed by atoms with Crippen molar-refractivity contribution in [3.05, 3.63) is 68.7 Å². The molecular weight excluding hydrogens is 286 g/mol. The monoisotopic (exact) mass is 299 g/mol. The molecule has 0 spiro atoms. The molecule has 1 heterocycles. The molecule has 0 radical (unpaired) electrons. The number of non-ortho nitro benzene ring substituents is 1. The van der Waals surface area contributed by atoms with E-state index in [0.29, 0.717) is 11.1 Å². The zero-order valence-electron chi connectivity index (χ0n) is 11.7. The maximum Gasteiger partial charge on any atom is 0.417 e. The minimum absolute atomic E-state index is 0.0446. The third-order valence-electron chi connectivity index (χ3n) is 3.41. The summed E-state index contributed by atoms with van der Waals surface area (Å²) in [7, 11) is 0. The third-order valence-corrected chi connectivity index (χ3v) is 3.41. The maximum absolute atomic E-state index is 11.1. The third kappa shape index (κ3) is 2.69. The van der Waals surface area contributed by atoms with Gasteiger partial charge >= 0.3 is 5.76 Å². The maximum atomic E-state index is 11.1. The lowest BCUT2D eigenvalue weighted by Crippen LogP contribution is -2.06. The second kappa shape index (κ2) is 5.36. The summed E-state index contributed by atoms with van der Waals surface area (Å²) in [6.07, 6.45) is 0. The number of hydrogen-bond donors (Lipinski definition) is 2. The van der Waals surface area contributed by atoms with E-state index in [-0.39, 0.29) is 11.7 Å². The fourth-order valence-corrected chi connectivity index (χ4v) is 2.26. The van der Waals surface area contributed by atoms with E-state index in [9.17, 15) is 14.9 Å². The molecular formula is C15H13N3O4. The minimum atomic E-state index is -0.490. The van der Waals surface area contributed by atoms with Gasteiger partial charge in [-0.25, -0.2) is 4.79 Å². The molecule has 0 aliphatic carbocycles. The Kier molecular flexibility index (Phi) is 3.38. The number of fused-ring (bicyclic) bond motifs is 1. The van der Waals surface area contributed by atoms with Gasteiger partial charge in [-0.3, -0.25) is 15.1 Å². The van der Waals surface area contributed by atoms with E-state index in [0.717, 1.165) is 11.3 Å². The van der Waals surface area contributed by atoms with E-state index in [4.69, 9.17) is 4.42 Å². The number of nitrogens with zero attached hydrogens (tertiary/aromatic N) is 1. The molecule has 0 unspecified atom stereocenters. The number of aromatic nitrogens is 1. The summed E-state index contributed by atoms with van der Waals surface area (Å²) in [4.78, 5) is 24.0. The topological polar surface area (TPSA) is 101 Å². The first-order chi connectivity index (χ1) is 10.5. The summed E-state index contributed by atoms with van der Waals surface area (Å²) < 4.78 is 4.95. The van der Waals surface area contributed by atoms with Crippen LogP contribution in [0, 0.1) is 10.1 Å². The van der Waals surface area contributed by atoms with Gasteiger partial charge < -0.3 is 9.73 Å². The lowest BCUT2D eigenvalue weighted by Gasteiger charge is -2.15. The van der Waals surface area contributed by atoms with E-state index in [1.807, 2.05) is 6.92 Å². The van der Waals surface area contributed by atoms with Crippen molar-refractivity contribution in [2.45, 2.75) is 13.0 Å². The number of anilines is 1. The van der Waals surface area contributed by atoms with Gasteiger partial charge in [-0.2, -0.15) is 0 Å². The van der Waals surface area contributed by atoms with Gasteiger partial charge in [-0.05, 0) is 30.7 Å². The second-order valence-electron chi connectivity index (χ2n) is 4.94. The highest BCUT2D eigenvalue weighted by Gasteiger charge is 2.10. The molecule has 2 N–H and O–H groups in total. The molecule has 112 valence electrons. The van der Waals surface area contributed by atoms with Gasteiger partial charge in [0, 0.05) is 23.9 Å². The molecule has 0 aliphatic heterocycles. The van der Waals surface area contributed by atoms with Crippen LogP contribution in [-0.4, -0.2) is 9.91 Å². The molecule has 0 aliphatic rings. The van der Waals surface area contributed by atoms with Crippen molar-refractivity contribution in [2.75, 3.05) is 5.32 Å². The summed E-state index contributed by atoms with van der Waals surface area (Å²) in [6, 6.07) is 11.6. The molecule has 0 amide bonds. The van der Waals surface area contributed by atoms with Crippen LogP contribution in [0.15, 0.2) is 51.7 Å². The zero-order chi connectivity index (χ0) is 15.7. The predicted octanol–water partition coefficient (Wildman–Crippen LogP) is 3.20. The SMILES string of the molecule is C[C@H](Nc1ccc2oc(=O)[nH]c2c1)c1ccc([N+](=O)[O-])cc1. The van der Waals surface area contributed by atoms with Crippen molar-refractivity contribution in [3.8, 4) is 0 Å². The normalized spacial score (nSPS) is 12.2. The van der Waals surface area contributed by atoms with Crippen LogP contribution in [0.1, 0.15) is 18.5 Å². The number of nitro benzene ring substituents is 1. The van der Waals surface area contributed by atoms with Gasteiger partial charge in [-0.1, -0.05) is 12.1 Å². The van der Waals surface area contributed by atoms with Crippen LogP contribution in [0.25, 0.3) is 11.1 Å². The molecule has 3 rings (SSSR count). The number of H-pyrrole nitrogens is 1. The number of hydrogen-bond acceptors (Lipinski definition) is 5. The number of aromatic amines is 1. The van der Waals surface area contributed by atoms with Crippen LogP contribution in [0.5, 0.6) is 0 Å². The van der Waals surface area contributed by atoms with E-state index in [2.05, 4.69) is 10.3 Å². The molecule has 22 heavy (non-hydrogen) atoms. The summed E-state index contributed by atoms with van der Waals surface area (Å²) in [5, 5.41) is 13.9. The van der Waals surface area contributed by atoms with Gasteiger partial charge in [0.05, 0.1) is 10.4 Å². The van der Waals surface area contributed by atoms with E-state index in [1.165, 1.54) is 12.1 Å². The van der Waals surface area contributed by atoms with E-state index < -0.39 is 10.7 Å². The quantitative estimate of drug-likeness (QED) is 0.569. The van der Waals surface area contributed by atoms with Gasteiger partial charge in [0.25, 0.3) is 5.69 Å². The molecule has 0 fully saturated rings. The van der Waals surface area contributed by atoms with Gasteiger partial charge in [-0.15, -0.1) is 0 Å². The molecule has 7 nitrogen and oxygen atoms in total. The van der Waals surface area contributed by atoms with Gasteiger partial charge in [0.2, 0.25) is 0 Å². The Morgan fingerprint density at radius 2 is 1.95 bits per heavy atom. The van der Waals surface area contributed by atoms with Crippen LogP contribution in [0.3, 0.4) is 0 Å². The lowest BCUT2D eigenvalue weighted by molar-refractivity contribution is -0.384. The van der Waals surface area contributed by atoms with Gasteiger partial charge in [0.1, 0.15) is 0 Å². The van der Waals surface area contributed by atoms with Crippen molar-refractivity contribution < 1.29 is 9.34 Å². The Bertz CT molecular complexity index is 880. The molecule has 1 aromatic heterocycles. The number of oxazole rings is 1. The number of nitro groups is 1. The van der Waals surface area contributed by atoms with Gasteiger partial charge in [0.15, 0.2) is 5.58 Å². The molecule has 2 aromatic carbocycles. The molecule has 0 bridgehead atoms. The van der Waals surface area contributed by atoms with E-state index in [1.54, 1.807) is 30.3 Å². The number of rotatable bonds is 4. The van der Waals surface area contributed by atoms with Crippen molar-refractivity contribution in [2.24, 2.45) is 0 Å². The van der Waals surface area contributed by atoms with Crippen molar-refractivity contribution in [3.63, 3.8) is 0 Å². The highest BCUT2D eigenvalue weighted by molar-refractivity contribution is 5.76. The van der Waals surface area contributed by atoms with Crippen molar-refractivity contribution >= 4 is 22.5 Å². The molecule has 0 saturated carbocycles. The number of nitrogens with one attached hydrogen (secondary N) is 2. The van der Waals surface area contributed by atoms with Crippen LogP contribution in [0.2, 0.25) is 0 Å². The summed E-state index contributed by atoms with van der Waals surface area (Å²) >= 11 is 0. The highest BCUT2D eigenvalue weighted by atomic mass is 16.6. The Labute approximate surface area is 124 Å². The van der Waals surface area contributed by atoms with Crippen LogP contribution < -0.4 is 11.1 Å². The minimum Gasteiger partial charge on any atom is -0.408 e. The fraction of sp³-hybridized carbons (Fsp3) is 0.133. The van der Waals surface area contributed by atoms with Crippen LogP contribution in [-0.2, 0) is 0 Å². The van der Waals surface area contributed by atoms with Crippen molar-refractivity contribution in [1.29, 1.82) is 0 Å². The summed E-state index contributed by atoms with van der Waals surface area (Å²) in [5.41, 5.74) is 2.92. The summed E-state index contributed by atoms with van der Waals surface area (Å²) in [5.74, 6) is -0.490.